The van der Waals surface area contributed by atoms with Gasteiger partial charge in [0.25, 0.3) is 0 Å². The second-order valence-electron chi connectivity index (χ2n) is 6.13. The summed E-state index contributed by atoms with van der Waals surface area (Å²) in [5.41, 5.74) is 0.244. The third-order valence-corrected chi connectivity index (χ3v) is 6.73. The summed E-state index contributed by atoms with van der Waals surface area (Å²) in [6.07, 6.45) is 5.47. The predicted molar refractivity (Wildman–Crippen MR) is 85.8 cm³/mol. The van der Waals surface area contributed by atoms with Crippen LogP contribution >= 0.6 is 12.6 Å². The fourth-order valence-corrected chi connectivity index (χ4v) is 5.55. The minimum atomic E-state index is -2.79. The molecule has 1 fully saturated rings. The highest BCUT2D eigenvalue weighted by atomic mass is 32.2. The van der Waals surface area contributed by atoms with Crippen LogP contribution in [0.5, 0.6) is 0 Å². The Bertz CT molecular complexity index is 362. The molecular weight excluding hydrogens is 278 g/mol. The van der Waals surface area contributed by atoms with E-state index in [0.29, 0.717) is 11.5 Å². The first-order valence-electron chi connectivity index (χ1n) is 7.39. The lowest BCUT2D eigenvalue weighted by atomic mass is 9.80. The second-order valence-corrected chi connectivity index (χ2v) is 8.68. The van der Waals surface area contributed by atoms with Gasteiger partial charge in [-0.25, -0.2) is 8.42 Å². The SMILES string of the molecule is CCCC(CS)(CCC)CN(C)C1CCS(=O)(=O)C1. The van der Waals surface area contributed by atoms with Crippen molar-refractivity contribution < 1.29 is 8.42 Å². The van der Waals surface area contributed by atoms with E-state index in [1.807, 2.05) is 0 Å². The van der Waals surface area contributed by atoms with Crippen molar-refractivity contribution in [2.45, 2.75) is 52.0 Å². The van der Waals surface area contributed by atoms with Gasteiger partial charge in [-0.1, -0.05) is 26.7 Å². The number of nitrogens with zero attached hydrogens (tertiary/aromatic N) is 1. The van der Waals surface area contributed by atoms with Crippen LogP contribution in [0.4, 0.5) is 0 Å². The highest BCUT2D eigenvalue weighted by Crippen LogP contribution is 2.33. The summed E-state index contributed by atoms with van der Waals surface area (Å²) in [5, 5.41) is 0. The van der Waals surface area contributed by atoms with Crippen molar-refractivity contribution in [3.63, 3.8) is 0 Å². The van der Waals surface area contributed by atoms with Crippen molar-refractivity contribution in [1.29, 1.82) is 0 Å². The smallest absolute Gasteiger partial charge is 0.151 e. The molecule has 0 aliphatic carbocycles. The maximum absolute atomic E-state index is 11.6. The molecule has 0 aromatic rings. The molecule has 0 N–H and O–H groups in total. The number of hydrogen-bond donors (Lipinski definition) is 1. The van der Waals surface area contributed by atoms with E-state index in [9.17, 15) is 8.42 Å². The van der Waals surface area contributed by atoms with Gasteiger partial charge in [-0.15, -0.1) is 0 Å². The van der Waals surface area contributed by atoms with Crippen LogP contribution in [0.3, 0.4) is 0 Å². The summed E-state index contributed by atoms with van der Waals surface area (Å²) < 4.78 is 23.2. The van der Waals surface area contributed by atoms with E-state index in [1.165, 1.54) is 12.8 Å². The molecule has 5 heteroatoms. The summed E-state index contributed by atoms with van der Waals surface area (Å²) in [7, 11) is -0.710. The molecule has 0 saturated carbocycles. The lowest BCUT2D eigenvalue weighted by Crippen LogP contribution is -2.43. The minimum absolute atomic E-state index is 0.206. The fraction of sp³-hybridized carbons (Fsp3) is 1.00. The van der Waals surface area contributed by atoms with Crippen molar-refractivity contribution >= 4 is 22.5 Å². The zero-order chi connectivity index (χ0) is 14.5. The third-order valence-electron chi connectivity index (χ3n) is 4.31. The van der Waals surface area contributed by atoms with Crippen molar-refractivity contribution in [3.8, 4) is 0 Å². The van der Waals surface area contributed by atoms with E-state index < -0.39 is 9.84 Å². The molecule has 0 amide bonds. The van der Waals surface area contributed by atoms with Crippen LogP contribution in [-0.2, 0) is 9.84 Å². The number of sulfone groups is 1. The predicted octanol–water partition coefficient (Wildman–Crippen LogP) is 2.62. The maximum atomic E-state index is 11.6. The Morgan fingerprint density at radius 3 is 2.21 bits per heavy atom. The molecule has 0 radical (unpaired) electrons. The van der Waals surface area contributed by atoms with Gasteiger partial charge in [0, 0.05) is 12.6 Å². The Morgan fingerprint density at radius 2 is 1.84 bits per heavy atom. The lowest BCUT2D eigenvalue weighted by molar-refractivity contribution is 0.141. The van der Waals surface area contributed by atoms with Crippen LogP contribution in [0.15, 0.2) is 0 Å². The molecule has 0 spiro atoms. The zero-order valence-electron chi connectivity index (χ0n) is 12.6. The molecule has 1 saturated heterocycles. The zero-order valence-corrected chi connectivity index (χ0v) is 14.3. The maximum Gasteiger partial charge on any atom is 0.151 e. The molecule has 0 bridgehead atoms. The largest absolute Gasteiger partial charge is 0.302 e. The molecule has 1 rings (SSSR count). The van der Waals surface area contributed by atoms with Gasteiger partial charge in [-0.2, -0.15) is 12.6 Å². The Balaban J connectivity index is 2.68. The molecule has 1 heterocycles. The van der Waals surface area contributed by atoms with Gasteiger partial charge >= 0.3 is 0 Å². The molecule has 1 unspecified atom stereocenters. The topological polar surface area (TPSA) is 37.4 Å². The van der Waals surface area contributed by atoms with Gasteiger partial charge in [-0.3, -0.25) is 0 Å². The van der Waals surface area contributed by atoms with Crippen molar-refractivity contribution in [3.05, 3.63) is 0 Å². The summed E-state index contributed by atoms with van der Waals surface area (Å²) in [6.45, 7) is 5.40. The first kappa shape index (κ1) is 17.3. The van der Waals surface area contributed by atoms with Crippen LogP contribution in [0.25, 0.3) is 0 Å². The standard InChI is InChI=1S/C14H29NO2S2/c1-4-7-14(12-18,8-5-2)11-15(3)13-6-9-19(16,17)10-13/h13,18H,4-12H2,1-3H3. The highest BCUT2D eigenvalue weighted by molar-refractivity contribution is 7.91. The van der Waals surface area contributed by atoms with Gasteiger partial charge in [0.1, 0.15) is 0 Å². The van der Waals surface area contributed by atoms with Gasteiger partial charge in [0.05, 0.1) is 11.5 Å². The average Bonchev–Trinajstić information content (AvgIpc) is 2.70. The summed E-state index contributed by atoms with van der Waals surface area (Å²) in [4.78, 5) is 2.27. The minimum Gasteiger partial charge on any atom is -0.302 e. The van der Waals surface area contributed by atoms with Gasteiger partial charge in [0.2, 0.25) is 0 Å². The van der Waals surface area contributed by atoms with E-state index in [4.69, 9.17) is 0 Å². The molecule has 19 heavy (non-hydrogen) atoms. The molecule has 3 nitrogen and oxygen atoms in total. The molecular formula is C14H29NO2S2. The monoisotopic (exact) mass is 307 g/mol. The van der Waals surface area contributed by atoms with Gasteiger partial charge in [-0.05, 0) is 37.5 Å². The van der Waals surface area contributed by atoms with E-state index in [2.05, 4.69) is 38.4 Å². The molecule has 0 aromatic heterocycles. The van der Waals surface area contributed by atoms with Crippen LogP contribution in [0.1, 0.15) is 46.0 Å². The Morgan fingerprint density at radius 1 is 1.26 bits per heavy atom. The average molecular weight is 308 g/mol. The molecule has 114 valence electrons. The van der Waals surface area contributed by atoms with Crippen LogP contribution in [0.2, 0.25) is 0 Å². The molecule has 1 atom stereocenters. The van der Waals surface area contributed by atoms with E-state index in [1.54, 1.807) is 0 Å². The number of thiol groups is 1. The van der Waals surface area contributed by atoms with Gasteiger partial charge in [0.15, 0.2) is 9.84 Å². The second kappa shape index (κ2) is 7.32. The number of hydrogen-bond acceptors (Lipinski definition) is 4. The van der Waals surface area contributed by atoms with E-state index in [-0.39, 0.29) is 11.5 Å². The first-order chi connectivity index (χ1) is 8.88. The lowest BCUT2D eigenvalue weighted by Gasteiger charge is -2.38. The van der Waals surface area contributed by atoms with E-state index in [0.717, 1.165) is 31.6 Å². The van der Waals surface area contributed by atoms with Crippen LogP contribution in [0, 0.1) is 5.41 Å². The summed E-state index contributed by atoms with van der Waals surface area (Å²) in [6, 6.07) is 0.206. The summed E-state index contributed by atoms with van der Waals surface area (Å²) in [5.74, 6) is 1.58. The normalized spacial score (nSPS) is 23.1. The molecule has 1 aliphatic rings. The Labute approximate surface area is 124 Å². The Hall–Kier alpha value is 0.260. The molecule has 0 aromatic carbocycles. The van der Waals surface area contributed by atoms with Crippen molar-refractivity contribution in [2.24, 2.45) is 5.41 Å². The van der Waals surface area contributed by atoms with Crippen LogP contribution < -0.4 is 0 Å². The quantitative estimate of drug-likeness (QED) is 0.701. The van der Waals surface area contributed by atoms with Crippen molar-refractivity contribution in [1.82, 2.24) is 4.90 Å². The first-order valence-corrected chi connectivity index (χ1v) is 9.85. The molecule has 1 aliphatic heterocycles. The van der Waals surface area contributed by atoms with Crippen molar-refractivity contribution in [2.75, 3.05) is 30.9 Å². The highest BCUT2D eigenvalue weighted by Gasteiger charge is 2.35. The van der Waals surface area contributed by atoms with E-state index >= 15 is 0 Å². The number of rotatable bonds is 8. The van der Waals surface area contributed by atoms with Crippen LogP contribution in [-0.4, -0.2) is 50.2 Å². The summed E-state index contributed by atoms with van der Waals surface area (Å²) >= 11 is 4.58. The Kier molecular flexibility index (Phi) is 6.67. The van der Waals surface area contributed by atoms with Gasteiger partial charge < -0.3 is 4.90 Å². The third kappa shape index (κ3) is 4.94. The fourth-order valence-electron chi connectivity index (χ4n) is 3.33.